The fourth-order valence-electron chi connectivity index (χ4n) is 2.57. The van der Waals surface area contributed by atoms with E-state index in [0.717, 1.165) is 36.5 Å². The maximum absolute atomic E-state index is 11.5. The third-order valence-corrected chi connectivity index (χ3v) is 4.89. The van der Waals surface area contributed by atoms with E-state index < -0.39 is 11.5 Å². The zero-order valence-corrected chi connectivity index (χ0v) is 12.0. The summed E-state index contributed by atoms with van der Waals surface area (Å²) in [6, 6.07) is 0. The maximum Gasteiger partial charge on any atom is 0.323 e. The molecule has 2 heterocycles. The molecule has 1 aliphatic rings. The van der Waals surface area contributed by atoms with E-state index in [0.29, 0.717) is 6.54 Å². The Hall–Kier alpha value is -0.940. The molecule has 18 heavy (non-hydrogen) atoms. The molecule has 0 amide bonds. The van der Waals surface area contributed by atoms with E-state index >= 15 is 0 Å². The van der Waals surface area contributed by atoms with Gasteiger partial charge in [-0.05, 0) is 46.6 Å². The average Bonchev–Trinajstić information content (AvgIpc) is 2.60. The number of nitrogens with zero attached hydrogens (tertiary/aromatic N) is 2. The van der Waals surface area contributed by atoms with Gasteiger partial charge in [-0.1, -0.05) is 0 Å². The number of hydrogen-bond donors (Lipinski definition) is 1. The summed E-state index contributed by atoms with van der Waals surface area (Å²) in [4.78, 5) is 19.2. The lowest BCUT2D eigenvalue weighted by molar-refractivity contribution is -0.153. The highest BCUT2D eigenvalue weighted by Crippen LogP contribution is 2.31. The van der Waals surface area contributed by atoms with Gasteiger partial charge in [0.25, 0.3) is 0 Å². The Labute approximate surface area is 112 Å². The van der Waals surface area contributed by atoms with Gasteiger partial charge in [0.15, 0.2) is 0 Å². The van der Waals surface area contributed by atoms with E-state index in [-0.39, 0.29) is 0 Å². The van der Waals surface area contributed by atoms with Crippen LogP contribution in [0.2, 0.25) is 0 Å². The summed E-state index contributed by atoms with van der Waals surface area (Å²) < 4.78 is 0. The highest BCUT2D eigenvalue weighted by molar-refractivity contribution is 7.11. The number of rotatable bonds is 3. The molecule has 0 spiro atoms. The minimum absolute atomic E-state index is 0.707. The summed E-state index contributed by atoms with van der Waals surface area (Å²) in [5, 5.41) is 10.5. The largest absolute Gasteiger partial charge is 0.480 e. The van der Waals surface area contributed by atoms with Crippen molar-refractivity contribution in [1.82, 2.24) is 9.88 Å². The topological polar surface area (TPSA) is 53.4 Å². The molecule has 0 saturated carbocycles. The lowest BCUT2D eigenvalue weighted by Crippen LogP contribution is -2.54. The van der Waals surface area contributed by atoms with Crippen molar-refractivity contribution in [2.45, 2.75) is 52.1 Å². The van der Waals surface area contributed by atoms with Crippen molar-refractivity contribution in [2.24, 2.45) is 0 Å². The highest BCUT2D eigenvalue weighted by atomic mass is 32.1. The molecule has 1 aromatic rings. The first kappa shape index (κ1) is 13.5. The number of hydrogen-bond acceptors (Lipinski definition) is 4. The van der Waals surface area contributed by atoms with Gasteiger partial charge in [0.2, 0.25) is 0 Å². The van der Waals surface area contributed by atoms with Crippen LogP contribution < -0.4 is 0 Å². The van der Waals surface area contributed by atoms with E-state index in [9.17, 15) is 9.90 Å². The van der Waals surface area contributed by atoms with Gasteiger partial charge in [-0.2, -0.15) is 0 Å². The minimum atomic E-state index is -0.720. The van der Waals surface area contributed by atoms with Crippen LogP contribution in [0.3, 0.4) is 0 Å². The van der Waals surface area contributed by atoms with Gasteiger partial charge in [0.05, 0.1) is 10.7 Å². The first-order chi connectivity index (χ1) is 8.43. The number of piperidine rings is 1. The molecule has 5 heteroatoms. The first-order valence-electron chi connectivity index (χ1n) is 6.35. The standard InChI is InChI=1S/C13H20N2O2S/c1-9-11(18-10(2)14-9)8-15-7-5-4-6-13(15,3)12(16)17/h4-8H2,1-3H3,(H,16,17). The first-order valence-corrected chi connectivity index (χ1v) is 7.16. The van der Waals surface area contributed by atoms with Crippen LogP contribution in [0.25, 0.3) is 0 Å². The number of aromatic nitrogens is 1. The van der Waals surface area contributed by atoms with Crippen molar-refractivity contribution >= 4 is 17.3 Å². The molecular formula is C13H20N2O2S. The Bertz CT molecular complexity index is 458. The Morgan fingerprint density at radius 2 is 2.22 bits per heavy atom. The number of carbonyl (C=O) groups is 1. The predicted molar refractivity (Wildman–Crippen MR) is 71.9 cm³/mol. The average molecular weight is 268 g/mol. The second-order valence-corrected chi connectivity index (χ2v) is 6.49. The van der Waals surface area contributed by atoms with Crippen LogP contribution in [-0.4, -0.2) is 33.0 Å². The van der Waals surface area contributed by atoms with Crippen molar-refractivity contribution in [3.05, 3.63) is 15.6 Å². The smallest absolute Gasteiger partial charge is 0.323 e. The molecule has 0 aromatic carbocycles. The lowest BCUT2D eigenvalue weighted by atomic mass is 9.88. The SMILES string of the molecule is Cc1nc(C)c(CN2CCCCC2(C)C(=O)O)s1. The molecule has 1 aromatic heterocycles. The Balaban J connectivity index is 2.20. The van der Waals surface area contributed by atoms with Gasteiger partial charge in [-0.3, -0.25) is 9.69 Å². The van der Waals surface area contributed by atoms with Crippen LogP contribution in [0.1, 0.15) is 41.8 Å². The Kier molecular flexibility index (Phi) is 3.73. The van der Waals surface area contributed by atoms with Gasteiger partial charge in [-0.25, -0.2) is 4.98 Å². The van der Waals surface area contributed by atoms with Gasteiger partial charge in [-0.15, -0.1) is 11.3 Å². The molecular weight excluding hydrogens is 248 g/mol. The van der Waals surface area contributed by atoms with Crippen LogP contribution in [0.5, 0.6) is 0 Å². The van der Waals surface area contributed by atoms with Gasteiger partial charge in [0.1, 0.15) is 5.54 Å². The van der Waals surface area contributed by atoms with Crippen molar-refractivity contribution in [3.63, 3.8) is 0 Å². The summed E-state index contributed by atoms with van der Waals surface area (Å²) in [6.07, 6.45) is 2.82. The molecule has 1 N–H and O–H groups in total. The molecule has 1 saturated heterocycles. The van der Waals surface area contributed by atoms with Crippen LogP contribution >= 0.6 is 11.3 Å². The molecule has 4 nitrogen and oxygen atoms in total. The Morgan fingerprint density at radius 3 is 2.78 bits per heavy atom. The second kappa shape index (κ2) is 4.97. The van der Waals surface area contributed by atoms with Crippen LogP contribution in [-0.2, 0) is 11.3 Å². The van der Waals surface area contributed by atoms with Crippen LogP contribution in [0.4, 0.5) is 0 Å². The summed E-state index contributed by atoms with van der Waals surface area (Å²) in [7, 11) is 0. The van der Waals surface area contributed by atoms with Gasteiger partial charge < -0.3 is 5.11 Å². The lowest BCUT2D eigenvalue weighted by Gasteiger charge is -2.41. The molecule has 1 atom stereocenters. The van der Waals surface area contributed by atoms with E-state index in [1.807, 2.05) is 20.8 Å². The van der Waals surface area contributed by atoms with Crippen molar-refractivity contribution in [2.75, 3.05) is 6.54 Å². The third-order valence-electron chi connectivity index (χ3n) is 3.83. The van der Waals surface area contributed by atoms with E-state index in [1.54, 1.807) is 11.3 Å². The third kappa shape index (κ3) is 2.42. The molecule has 1 aliphatic heterocycles. The minimum Gasteiger partial charge on any atom is -0.480 e. The number of likely N-dealkylation sites (tertiary alicyclic amines) is 1. The Morgan fingerprint density at radius 1 is 1.50 bits per heavy atom. The molecule has 1 unspecified atom stereocenters. The predicted octanol–water partition coefficient (Wildman–Crippen LogP) is 2.59. The zero-order valence-electron chi connectivity index (χ0n) is 11.2. The highest BCUT2D eigenvalue weighted by Gasteiger charge is 2.41. The monoisotopic (exact) mass is 268 g/mol. The number of aryl methyl sites for hydroxylation is 2. The molecule has 1 fully saturated rings. The van der Waals surface area contributed by atoms with E-state index in [4.69, 9.17) is 0 Å². The quantitative estimate of drug-likeness (QED) is 0.915. The number of thiazole rings is 1. The fourth-order valence-corrected chi connectivity index (χ4v) is 3.52. The number of carboxylic acids is 1. The molecule has 0 bridgehead atoms. The van der Waals surface area contributed by atoms with Crippen LogP contribution in [0.15, 0.2) is 0 Å². The van der Waals surface area contributed by atoms with Gasteiger partial charge in [0, 0.05) is 11.4 Å². The number of aliphatic carboxylic acids is 1. The molecule has 0 aliphatic carbocycles. The summed E-state index contributed by atoms with van der Waals surface area (Å²) in [5.74, 6) is -0.707. The van der Waals surface area contributed by atoms with E-state index in [2.05, 4.69) is 9.88 Å². The summed E-state index contributed by atoms with van der Waals surface area (Å²) >= 11 is 1.67. The fraction of sp³-hybridized carbons (Fsp3) is 0.692. The normalized spacial score (nSPS) is 25.3. The number of carboxylic acid groups (broad SMARTS) is 1. The van der Waals surface area contributed by atoms with Gasteiger partial charge >= 0.3 is 5.97 Å². The summed E-state index contributed by atoms with van der Waals surface area (Å²) in [6.45, 7) is 7.41. The molecule has 100 valence electrons. The molecule has 2 rings (SSSR count). The van der Waals surface area contributed by atoms with Crippen molar-refractivity contribution < 1.29 is 9.90 Å². The van der Waals surface area contributed by atoms with Crippen LogP contribution in [0, 0.1) is 13.8 Å². The zero-order chi connectivity index (χ0) is 13.3. The van der Waals surface area contributed by atoms with E-state index in [1.165, 1.54) is 4.88 Å². The maximum atomic E-state index is 11.5. The molecule has 0 radical (unpaired) electrons. The van der Waals surface area contributed by atoms with Crippen molar-refractivity contribution in [1.29, 1.82) is 0 Å². The summed E-state index contributed by atoms with van der Waals surface area (Å²) in [5.41, 5.74) is 0.318. The van der Waals surface area contributed by atoms with Crippen molar-refractivity contribution in [3.8, 4) is 0 Å². The second-order valence-electron chi connectivity index (χ2n) is 5.20.